The molecule has 0 radical (unpaired) electrons. The van der Waals surface area contributed by atoms with Gasteiger partial charge < -0.3 is 10.2 Å². The van der Waals surface area contributed by atoms with E-state index in [1.807, 2.05) is 12.1 Å². The van der Waals surface area contributed by atoms with Crippen LogP contribution >= 0.6 is 0 Å². The quantitative estimate of drug-likeness (QED) is 0.837. The Kier molecular flexibility index (Phi) is 4.86. The van der Waals surface area contributed by atoms with Crippen molar-refractivity contribution in [2.24, 2.45) is 5.92 Å². The zero-order valence-electron chi connectivity index (χ0n) is 15.7. The lowest BCUT2D eigenvalue weighted by atomic mass is 10.00. The lowest BCUT2D eigenvalue weighted by Crippen LogP contribution is -2.35. The summed E-state index contributed by atoms with van der Waals surface area (Å²) < 4.78 is 25.5. The third-order valence-electron chi connectivity index (χ3n) is 5.21. The number of hydrogen-bond acceptors (Lipinski definition) is 7. The van der Waals surface area contributed by atoms with Crippen LogP contribution in [0.2, 0.25) is 0 Å². The lowest BCUT2D eigenvalue weighted by molar-refractivity contribution is 0.294. The molecule has 4 heterocycles. The average Bonchev–Trinajstić information content (AvgIpc) is 3.05. The van der Waals surface area contributed by atoms with Crippen LogP contribution in [0.3, 0.4) is 0 Å². The highest BCUT2D eigenvalue weighted by molar-refractivity contribution is 7.91. The van der Waals surface area contributed by atoms with Crippen LogP contribution < -0.4 is 5.32 Å². The molecule has 0 saturated carbocycles. The van der Waals surface area contributed by atoms with Crippen LogP contribution in [0.15, 0.2) is 30.7 Å². The molecular formula is C19H25N5O2S. The summed E-state index contributed by atoms with van der Waals surface area (Å²) >= 11 is 0. The molecule has 2 aliphatic rings. The van der Waals surface area contributed by atoms with Crippen molar-refractivity contribution in [1.29, 1.82) is 0 Å². The predicted octanol–water partition coefficient (Wildman–Crippen LogP) is 1.84. The molecule has 27 heavy (non-hydrogen) atoms. The predicted molar refractivity (Wildman–Crippen MR) is 104 cm³/mol. The van der Waals surface area contributed by atoms with E-state index in [-0.39, 0.29) is 16.9 Å². The number of pyridine rings is 1. The van der Waals surface area contributed by atoms with Gasteiger partial charge in [0.1, 0.15) is 0 Å². The van der Waals surface area contributed by atoms with Crippen molar-refractivity contribution < 1.29 is 8.42 Å². The van der Waals surface area contributed by atoms with Crippen LogP contribution in [0.25, 0.3) is 0 Å². The highest BCUT2D eigenvalue weighted by Gasteiger charge is 2.47. The molecule has 0 aliphatic carbocycles. The Bertz CT molecular complexity index is 917. The largest absolute Gasteiger partial charge is 0.350 e. The van der Waals surface area contributed by atoms with E-state index in [2.05, 4.69) is 34.0 Å². The third-order valence-corrected chi connectivity index (χ3v) is 7.32. The Balaban J connectivity index is 1.58. The Hall–Kier alpha value is -2.06. The molecule has 8 heteroatoms. The molecule has 2 aromatic heterocycles. The van der Waals surface area contributed by atoms with Crippen LogP contribution in [-0.4, -0.2) is 53.2 Å². The summed E-state index contributed by atoms with van der Waals surface area (Å²) in [6.07, 6.45) is 5.21. The molecule has 2 aliphatic heterocycles. The maximum absolute atomic E-state index is 12.7. The number of fused-ring (bicyclic) bond motifs is 3. The molecule has 0 unspecified atom stereocenters. The van der Waals surface area contributed by atoms with E-state index in [1.165, 1.54) is 0 Å². The molecule has 0 amide bonds. The van der Waals surface area contributed by atoms with E-state index in [1.54, 1.807) is 18.6 Å². The van der Waals surface area contributed by atoms with Gasteiger partial charge >= 0.3 is 0 Å². The van der Waals surface area contributed by atoms with Crippen molar-refractivity contribution in [2.45, 2.75) is 37.3 Å². The van der Waals surface area contributed by atoms with Crippen molar-refractivity contribution in [3.63, 3.8) is 0 Å². The SMILES string of the molecule is CC(C)CN1C[C@H]2c3nc(NCc4cccnc4)ncc3CS(=O)(=O)[C@H]2C1. The molecule has 1 saturated heterocycles. The summed E-state index contributed by atoms with van der Waals surface area (Å²) in [5.41, 5.74) is 2.68. The molecule has 2 atom stereocenters. The minimum absolute atomic E-state index is 0.0436. The number of anilines is 1. The van der Waals surface area contributed by atoms with Crippen molar-refractivity contribution >= 4 is 15.8 Å². The highest BCUT2D eigenvalue weighted by atomic mass is 32.2. The molecular weight excluding hydrogens is 362 g/mol. The molecule has 0 aromatic carbocycles. The summed E-state index contributed by atoms with van der Waals surface area (Å²) in [5, 5.41) is 2.87. The molecule has 0 spiro atoms. The standard InChI is InChI=1S/C19H25N5O2S/c1-13(2)9-24-10-16-17(11-24)27(25,26)12-15-8-22-19(23-18(15)16)21-7-14-4-3-5-20-6-14/h3-6,8,13,16-17H,7,9-12H2,1-2H3,(H,21,22,23)/t16-,17+/m1/s1. The first-order valence-electron chi connectivity index (χ1n) is 9.35. The second-order valence-corrected chi connectivity index (χ2v) is 10.1. The topological polar surface area (TPSA) is 88.1 Å². The molecule has 1 N–H and O–H groups in total. The first kappa shape index (κ1) is 18.3. The third kappa shape index (κ3) is 3.82. The van der Waals surface area contributed by atoms with Gasteiger partial charge in [0, 0.05) is 56.3 Å². The van der Waals surface area contributed by atoms with Gasteiger partial charge in [-0.15, -0.1) is 0 Å². The molecule has 2 aromatic rings. The second kappa shape index (κ2) is 7.16. The van der Waals surface area contributed by atoms with E-state index < -0.39 is 9.84 Å². The molecule has 1 fully saturated rings. The van der Waals surface area contributed by atoms with Crippen molar-refractivity contribution in [3.05, 3.63) is 47.5 Å². The first-order valence-corrected chi connectivity index (χ1v) is 11.1. The lowest BCUT2D eigenvalue weighted by Gasteiger charge is -2.26. The highest BCUT2D eigenvalue weighted by Crippen LogP contribution is 2.39. The van der Waals surface area contributed by atoms with Gasteiger partial charge in [-0.3, -0.25) is 4.98 Å². The fourth-order valence-corrected chi connectivity index (χ4v) is 6.11. The second-order valence-electron chi connectivity index (χ2n) is 7.88. The van der Waals surface area contributed by atoms with E-state index >= 15 is 0 Å². The Morgan fingerprint density at radius 3 is 2.89 bits per heavy atom. The maximum Gasteiger partial charge on any atom is 0.223 e. The Labute approximate surface area is 160 Å². The van der Waals surface area contributed by atoms with E-state index in [4.69, 9.17) is 4.98 Å². The molecule has 144 valence electrons. The van der Waals surface area contributed by atoms with Gasteiger partial charge in [0.05, 0.1) is 16.7 Å². The monoisotopic (exact) mass is 387 g/mol. The normalized spacial score (nSPS) is 23.8. The average molecular weight is 388 g/mol. The fourth-order valence-electron chi connectivity index (χ4n) is 4.09. The Morgan fingerprint density at radius 1 is 1.30 bits per heavy atom. The number of likely N-dealkylation sites (tertiary alicyclic amines) is 1. The summed E-state index contributed by atoms with van der Waals surface area (Å²) in [6, 6.07) is 3.88. The van der Waals surface area contributed by atoms with Crippen LogP contribution in [0.5, 0.6) is 0 Å². The van der Waals surface area contributed by atoms with Gasteiger partial charge in [-0.05, 0) is 17.5 Å². The van der Waals surface area contributed by atoms with Crippen LogP contribution in [0.4, 0.5) is 5.95 Å². The van der Waals surface area contributed by atoms with Crippen molar-refractivity contribution in [3.8, 4) is 0 Å². The maximum atomic E-state index is 12.7. The van der Waals surface area contributed by atoms with Crippen molar-refractivity contribution in [2.75, 3.05) is 25.0 Å². The molecule has 4 rings (SSSR count). The number of hydrogen-bond donors (Lipinski definition) is 1. The van der Waals surface area contributed by atoms with Crippen LogP contribution in [0, 0.1) is 5.92 Å². The van der Waals surface area contributed by atoms with Crippen LogP contribution in [0.1, 0.15) is 36.6 Å². The zero-order valence-corrected chi connectivity index (χ0v) is 16.5. The first-order chi connectivity index (χ1) is 12.9. The number of nitrogens with zero attached hydrogens (tertiary/aromatic N) is 4. The summed E-state index contributed by atoms with van der Waals surface area (Å²) in [5.74, 6) is 1.02. The number of rotatable bonds is 5. The summed E-state index contributed by atoms with van der Waals surface area (Å²) in [4.78, 5) is 15.4. The van der Waals surface area contributed by atoms with E-state index in [9.17, 15) is 8.42 Å². The molecule has 7 nitrogen and oxygen atoms in total. The minimum atomic E-state index is -3.16. The molecule has 0 bridgehead atoms. The minimum Gasteiger partial charge on any atom is -0.350 e. The zero-order chi connectivity index (χ0) is 19.0. The van der Waals surface area contributed by atoms with Crippen molar-refractivity contribution in [1.82, 2.24) is 19.9 Å². The number of aromatic nitrogens is 3. The fraction of sp³-hybridized carbons (Fsp3) is 0.526. The van der Waals surface area contributed by atoms with Crippen LogP contribution in [-0.2, 0) is 22.1 Å². The van der Waals surface area contributed by atoms with E-state index in [0.717, 1.165) is 29.9 Å². The van der Waals surface area contributed by atoms with Gasteiger partial charge in [0.15, 0.2) is 9.84 Å². The summed E-state index contributed by atoms with van der Waals surface area (Å²) in [7, 11) is -3.16. The van der Waals surface area contributed by atoms with Gasteiger partial charge in [0.25, 0.3) is 0 Å². The van der Waals surface area contributed by atoms with Gasteiger partial charge in [-0.2, -0.15) is 0 Å². The van der Waals surface area contributed by atoms with Gasteiger partial charge in [-0.25, -0.2) is 18.4 Å². The number of nitrogens with one attached hydrogen (secondary N) is 1. The van der Waals surface area contributed by atoms with E-state index in [0.29, 0.717) is 25.0 Å². The van der Waals surface area contributed by atoms with Gasteiger partial charge in [-0.1, -0.05) is 19.9 Å². The summed E-state index contributed by atoms with van der Waals surface area (Å²) in [6.45, 7) is 7.16. The number of sulfone groups is 1. The van der Waals surface area contributed by atoms with Gasteiger partial charge in [0.2, 0.25) is 5.95 Å². The smallest absolute Gasteiger partial charge is 0.223 e. The Morgan fingerprint density at radius 2 is 2.15 bits per heavy atom.